The first-order valence-corrected chi connectivity index (χ1v) is 11.6. The van der Waals surface area contributed by atoms with Crippen molar-refractivity contribution in [2.24, 2.45) is 0 Å². The van der Waals surface area contributed by atoms with Gasteiger partial charge < -0.3 is 4.74 Å². The normalized spacial score (nSPS) is 17.5. The van der Waals surface area contributed by atoms with Crippen molar-refractivity contribution in [1.82, 2.24) is 15.0 Å². The van der Waals surface area contributed by atoms with Crippen molar-refractivity contribution in [1.29, 1.82) is 0 Å². The Balaban J connectivity index is 1.60. The van der Waals surface area contributed by atoms with Crippen molar-refractivity contribution in [3.05, 3.63) is 131 Å². The summed E-state index contributed by atoms with van der Waals surface area (Å²) in [4.78, 5) is 13.9. The summed E-state index contributed by atoms with van der Waals surface area (Å²) in [5.74, 6) is 0.203. The van der Waals surface area contributed by atoms with Crippen LogP contribution in [0.2, 0.25) is 0 Å². The number of Topliss-reactive ketones (excluding diaryl/α,β-unsaturated/α-hetero) is 1. The predicted molar refractivity (Wildman–Crippen MR) is 137 cm³/mol. The maximum Gasteiger partial charge on any atom is 0.204 e. The Morgan fingerprint density at radius 1 is 0.800 bits per heavy atom. The molecule has 5 aromatic rings. The standard InChI is InChI=1S/C30H23N3O2/c1-20-16-18-21(19-17-20)26-27(33-25-15-9-8-14-24(25)31-32-33)29(23-12-6-3-7-13-23)35-30(26)28(34)22-10-4-2-5-11-22/h2-19,26,30H,1H3. The predicted octanol–water partition coefficient (Wildman–Crippen LogP) is 6.13. The molecule has 0 saturated carbocycles. The highest BCUT2D eigenvalue weighted by Gasteiger charge is 2.44. The van der Waals surface area contributed by atoms with E-state index in [4.69, 9.17) is 4.74 Å². The number of hydrogen-bond acceptors (Lipinski definition) is 4. The van der Waals surface area contributed by atoms with E-state index in [1.54, 1.807) is 0 Å². The van der Waals surface area contributed by atoms with E-state index in [0.717, 1.165) is 33.4 Å². The average Bonchev–Trinajstić information content (AvgIpc) is 3.51. The fourth-order valence-electron chi connectivity index (χ4n) is 4.70. The molecule has 0 N–H and O–H groups in total. The van der Waals surface area contributed by atoms with Gasteiger partial charge in [0.2, 0.25) is 5.78 Å². The molecule has 0 amide bonds. The SMILES string of the molecule is Cc1ccc(C2C(n3nnc4ccccc43)=C(c3ccccc3)OC2C(=O)c2ccccc2)cc1. The molecule has 35 heavy (non-hydrogen) atoms. The van der Waals surface area contributed by atoms with Crippen LogP contribution in [0.4, 0.5) is 0 Å². The van der Waals surface area contributed by atoms with Crippen LogP contribution in [0.3, 0.4) is 0 Å². The molecule has 4 aromatic carbocycles. The molecular weight excluding hydrogens is 434 g/mol. The Hall–Kier alpha value is -4.51. The summed E-state index contributed by atoms with van der Waals surface area (Å²) < 4.78 is 8.42. The molecule has 0 aliphatic carbocycles. The second kappa shape index (κ2) is 8.69. The molecule has 1 aliphatic rings. The Morgan fingerprint density at radius 3 is 2.20 bits per heavy atom. The molecule has 0 fully saturated rings. The number of aromatic nitrogens is 3. The Kier molecular flexibility index (Phi) is 5.23. The van der Waals surface area contributed by atoms with E-state index in [9.17, 15) is 4.79 Å². The van der Waals surface area contributed by atoms with Crippen LogP contribution in [0.15, 0.2) is 109 Å². The van der Waals surface area contributed by atoms with Gasteiger partial charge in [-0.1, -0.05) is 108 Å². The Morgan fingerprint density at radius 2 is 1.46 bits per heavy atom. The quantitative estimate of drug-likeness (QED) is 0.298. The van der Waals surface area contributed by atoms with Crippen LogP contribution in [-0.2, 0) is 4.74 Å². The summed E-state index contributed by atoms with van der Waals surface area (Å²) in [6, 6.07) is 35.3. The molecular formula is C30H23N3O2. The number of fused-ring (bicyclic) bond motifs is 1. The number of aryl methyl sites for hydroxylation is 1. The molecule has 1 aliphatic heterocycles. The summed E-state index contributed by atoms with van der Waals surface area (Å²) in [7, 11) is 0. The number of hydrogen-bond donors (Lipinski definition) is 0. The molecule has 1 aromatic heterocycles. The van der Waals surface area contributed by atoms with Crippen LogP contribution in [0.1, 0.15) is 33.0 Å². The van der Waals surface area contributed by atoms with Crippen LogP contribution in [0.5, 0.6) is 0 Å². The fraction of sp³-hybridized carbons (Fsp3) is 0.100. The van der Waals surface area contributed by atoms with Crippen molar-refractivity contribution >= 4 is 28.3 Å². The van der Waals surface area contributed by atoms with E-state index in [1.807, 2.05) is 89.6 Å². The highest BCUT2D eigenvalue weighted by atomic mass is 16.5. The van der Waals surface area contributed by atoms with Crippen LogP contribution in [0, 0.1) is 6.92 Å². The lowest BCUT2D eigenvalue weighted by molar-refractivity contribution is 0.0755. The van der Waals surface area contributed by atoms with Crippen molar-refractivity contribution in [3.8, 4) is 0 Å². The molecule has 6 rings (SSSR count). The lowest BCUT2D eigenvalue weighted by Crippen LogP contribution is -2.28. The number of rotatable bonds is 5. The van der Waals surface area contributed by atoms with Gasteiger partial charge in [-0.05, 0) is 24.6 Å². The molecule has 170 valence electrons. The maximum atomic E-state index is 13.9. The highest BCUT2D eigenvalue weighted by molar-refractivity contribution is 6.05. The van der Waals surface area contributed by atoms with Gasteiger partial charge in [0.25, 0.3) is 0 Å². The zero-order chi connectivity index (χ0) is 23.8. The van der Waals surface area contributed by atoms with Gasteiger partial charge >= 0.3 is 0 Å². The van der Waals surface area contributed by atoms with Crippen LogP contribution < -0.4 is 0 Å². The van der Waals surface area contributed by atoms with Crippen LogP contribution >= 0.6 is 0 Å². The Labute approximate surface area is 203 Å². The molecule has 2 atom stereocenters. The van der Waals surface area contributed by atoms with E-state index in [-0.39, 0.29) is 11.7 Å². The van der Waals surface area contributed by atoms with Crippen molar-refractivity contribution < 1.29 is 9.53 Å². The average molecular weight is 458 g/mol. The van der Waals surface area contributed by atoms with E-state index in [1.165, 1.54) is 0 Å². The number of benzene rings is 4. The highest BCUT2D eigenvalue weighted by Crippen LogP contribution is 2.47. The van der Waals surface area contributed by atoms with Crippen molar-refractivity contribution in [2.75, 3.05) is 0 Å². The summed E-state index contributed by atoms with van der Waals surface area (Å²) in [5.41, 5.74) is 6.11. The van der Waals surface area contributed by atoms with E-state index in [0.29, 0.717) is 11.3 Å². The molecule has 2 unspecified atom stereocenters. The molecule has 0 spiro atoms. The lowest BCUT2D eigenvalue weighted by Gasteiger charge is -2.21. The molecule has 0 saturated heterocycles. The first kappa shape index (κ1) is 21.1. The smallest absolute Gasteiger partial charge is 0.204 e. The lowest BCUT2D eigenvalue weighted by atomic mass is 9.86. The largest absolute Gasteiger partial charge is 0.479 e. The second-order valence-electron chi connectivity index (χ2n) is 8.73. The van der Waals surface area contributed by atoms with Gasteiger partial charge in [-0.2, -0.15) is 0 Å². The first-order valence-electron chi connectivity index (χ1n) is 11.6. The molecule has 5 nitrogen and oxygen atoms in total. The molecule has 0 bridgehead atoms. The number of para-hydroxylation sites is 1. The monoisotopic (exact) mass is 457 g/mol. The van der Waals surface area contributed by atoms with Crippen LogP contribution in [-0.4, -0.2) is 26.9 Å². The maximum absolute atomic E-state index is 13.9. The fourth-order valence-corrected chi connectivity index (χ4v) is 4.70. The minimum atomic E-state index is -0.742. The van der Waals surface area contributed by atoms with Gasteiger partial charge in [0.05, 0.1) is 17.1 Å². The first-order chi connectivity index (χ1) is 17.2. The van der Waals surface area contributed by atoms with E-state index < -0.39 is 6.10 Å². The second-order valence-corrected chi connectivity index (χ2v) is 8.73. The Bertz CT molecular complexity index is 1540. The topological polar surface area (TPSA) is 57.0 Å². The van der Waals surface area contributed by atoms with Crippen LogP contribution in [0.25, 0.3) is 22.5 Å². The van der Waals surface area contributed by atoms with Gasteiger partial charge in [0.1, 0.15) is 11.3 Å². The molecule has 0 radical (unpaired) electrons. The molecule has 2 heterocycles. The van der Waals surface area contributed by atoms with Crippen molar-refractivity contribution in [2.45, 2.75) is 18.9 Å². The van der Waals surface area contributed by atoms with Gasteiger partial charge in [0.15, 0.2) is 6.10 Å². The summed E-state index contributed by atoms with van der Waals surface area (Å²) in [5, 5.41) is 8.93. The van der Waals surface area contributed by atoms with E-state index in [2.05, 4.69) is 41.5 Å². The van der Waals surface area contributed by atoms with Crippen molar-refractivity contribution in [3.63, 3.8) is 0 Å². The third kappa shape index (κ3) is 3.71. The zero-order valence-electron chi connectivity index (χ0n) is 19.2. The third-order valence-electron chi connectivity index (χ3n) is 6.44. The van der Waals surface area contributed by atoms with Gasteiger partial charge in [-0.3, -0.25) is 4.79 Å². The number of ether oxygens (including phenoxy) is 1. The zero-order valence-corrected chi connectivity index (χ0v) is 19.2. The van der Waals surface area contributed by atoms with Gasteiger partial charge in [-0.25, -0.2) is 4.68 Å². The number of carbonyl (C=O) groups excluding carboxylic acids is 1. The molecule has 5 heteroatoms. The van der Waals surface area contributed by atoms with E-state index >= 15 is 0 Å². The third-order valence-corrected chi connectivity index (χ3v) is 6.44. The summed E-state index contributed by atoms with van der Waals surface area (Å²) >= 11 is 0. The minimum absolute atomic E-state index is 0.0657. The van der Waals surface area contributed by atoms with Gasteiger partial charge in [-0.15, -0.1) is 5.10 Å². The van der Waals surface area contributed by atoms with Gasteiger partial charge in [0, 0.05) is 11.1 Å². The number of nitrogens with zero attached hydrogens (tertiary/aromatic N) is 3. The number of carbonyl (C=O) groups is 1. The summed E-state index contributed by atoms with van der Waals surface area (Å²) in [6.45, 7) is 2.05. The number of ketones is 1. The minimum Gasteiger partial charge on any atom is -0.479 e. The summed E-state index contributed by atoms with van der Waals surface area (Å²) in [6.07, 6.45) is -0.742.